The van der Waals surface area contributed by atoms with Crippen LogP contribution < -0.4 is 5.32 Å². The molecule has 25 heavy (non-hydrogen) atoms. The maximum Gasteiger partial charge on any atom is 0.231 e. The predicted molar refractivity (Wildman–Crippen MR) is 103 cm³/mol. The number of aromatic nitrogens is 1. The summed E-state index contributed by atoms with van der Waals surface area (Å²) in [5, 5.41) is 23.9. The van der Waals surface area contributed by atoms with Gasteiger partial charge in [-0.15, -0.1) is 0 Å². The molecule has 124 valence electrons. The van der Waals surface area contributed by atoms with E-state index in [0.29, 0.717) is 20.7 Å². The smallest absolute Gasteiger partial charge is 0.231 e. The minimum atomic E-state index is -0.0840. The first-order valence-electron chi connectivity index (χ1n) is 7.40. The molecule has 0 amide bonds. The molecule has 7 heteroatoms. The molecule has 0 atom stereocenters. The van der Waals surface area contributed by atoms with Crippen molar-refractivity contribution in [1.82, 2.24) is 4.98 Å². The number of nitrogens with one attached hydrogen (secondary N) is 1. The molecule has 3 N–H and O–H groups in total. The Morgan fingerprint density at radius 3 is 2.84 bits per heavy atom. The number of allylic oxidation sites excluding steroid dienone is 1. The molecule has 1 aliphatic heterocycles. The van der Waals surface area contributed by atoms with Crippen molar-refractivity contribution in [1.29, 1.82) is 0 Å². The van der Waals surface area contributed by atoms with E-state index in [0.717, 1.165) is 16.8 Å². The van der Waals surface area contributed by atoms with Gasteiger partial charge in [0.1, 0.15) is 5.75 Å². The molecule has 0 unspecified atom stereocenters. The van der Waals surface area contributed by atoms with Crippen LogP contribution in [-0.2, 0) is 0 Å². The van der Waals surface area contributed by atoms with Crippen molar-refractivity contribution in [3.05, 3.63) is 57.9 Å². The lowest BCUT2D eigenvalue weighted by molar-refractivity contribution is 0.456. The minimum absolute atomic E-state index is 0.0517. The van der Waals surface area contributed by atoms with Gasteiger partial charge in [-0.3, -0.25) is 4.99 Å². The van der Waals surface area contributed by atoms with Crippen LogP contribution >= 0.6 is 22.9 Å². The Morgan fingerprint density at radius 2 is 1.96 bits per heavy atom. The van der Waals surface area contributed by atoms with Crippen molar-refractivity contribution in [2.45, 2.75) is 0 Å². The molecule has 0 radical (unpaired) electrons. The largest absolute Gasteiger partial charge is 0.506 e. The standard InChI is InChI=1S/C18H12ClN3O2S/c19-11-5-6-15(23)14(8-11)21-18-22-17(24)16(25-18)7-10-9-20-13-4-2-1-3-12(10)13/h1-9,23-24H,(H,21,22). The van der Waals surface area contributed by atoms with Gasteiger partial charge < -0.3 is 15.5 Å². The van der Waals surface area contributed by atoms with Crippen LogP contribution in [0.3, 0.4) is 0 Å². The molecular formula is C18H12ClN3O2S. The average Bonchev–Trinajstić information content (AvgIpc) is 3.16. The van der Waals surface area contributed by atoms with Crippen LogP contribution in [0.5, 0.6) is 11.6 Å². The molecule has 0 spiro atoms. The van der Waals surface area contributed by atoms with E-state index in [2.05, 4.69) is 15.3 Å². The zero-order valence-corrected chi connectivity index (χ0v) is 14.3. The molecule has 0 aliphatic carbocycles. The second-order valence-corrected chi connectivity index (χ2v) is 6.84. The fourth-order valence-corrected chi connectivity index (χ4v) is 3.49. The Bertz CT molecular complexity index is 1030. The number of rotatable bonds is 3. The summed E-state index contributed by atoms with van der Waals surface area (Å²) < 4.78 is 0. The van der Waals surface area contributed by atoms with Gasteiger partial charge in [0.05, 0.1) is 16.3 Å². The number of anilines is 2. The molecule has 1 aromatic heterocycles. The summed E-state index contributed by atoms with van der Waals surface area (Å²) >= 11 is 7.21. The topological polar surface area (TPSA) is 77.7 Å². The second-order valence-electron chi connectivity index (χ2n) is 5.37. The van der Waals surface area contributed by atoms with Crippen LogP contribution in [0.1, 0.15) is 10.4 Å². The fourth-order valence-electron chi connectivity index (χ4n) is 2.49. The molecule has 1 aliphatic rings. The van der Waals surface area contributed by atoms with E-state index in [4.69, 9.17) is 11.6 Å². The van der Waals surface area contributed by atoms with Crippen molar-refractivity contribution < 1.29 is 10.2 Å². The highest BCUT2D eigenvalue weighted by molar-refractivity contribution is 7.16. The lowest BCUT2D eigenvalue weighted by Crippen LogP contribution is -1.89. The molecule has 0 bridgehead atoms. The Labute approximate surface area is 152 Å². The van der Waals surface area contributed by atoms with Crippen molar-refractivity contribution >= 4 is 57.3 Å². The van der Waals surface area contributed by atoms with Crippen LogP contribution in [0.25, 0.3) is 11.6 Å². The number of phenolic OH excluding ortho intramolecular Hbond substituents is 1. The van der Waals surface area contributed by atoms with Crippen molar-refractivity contribution in [3.8, 4) is 11.6 Å². The van der Waals surface area contributed by atoms with E-state index in [9.17, 15) is 10.2 Å². The van der Waals surface area contributed by atoms with E-state index in [1.54, 1.807) is 18.3 Å². The number of hydrogen-bond donors (Lipinski definition) is 3. The summed E-state index contributed by atoms with van der Waals surface area (Å²) in [5.74, 6) is -0.0323. The van der Waals surface area contributed by atoms with Gasteiger partial charge in [0, 0.05) is 22.4 Å². The maximum absolute atomic E-state index is 10.1. The molecule has 0 saturated carbocycles. The highest BCUT2D eigenvalue weighted by atomic mass is 35.5. The molecule has 2 heterocycles. The van der Waals surface area contributed by atoms with Gasteiger partial charge in [-0.2, -0.15) is 4.98 Å². The number of hydrogen-bond acceptors (Lipinski definition) is 6. The molecule has 5 nitrogen and oxygen atoms in total. The molecule has 0 fully saturated rings. The fraction of sp³-hybridized carbons (Fsp3) is 0. The van der Waals surface area contributed by atoms with Gasteiger partial charge >= 0.3 is 0 Å². The van der Waals surface area contributed by atoms with Crippen molar-refractivity contribution in [2.24, 2.45) is 4.99 Å². The third-order valence-corrected chi connectivity index (χ3v) is 4.82. The first-order chi connectivity index (χ1) is 12.1. The summed E-state index contributed by atoms with van der Waals surface area (Å²) in [4.78, 5) is 9.04. The molecular weight excluding hydrogens is 358 g/mol. The quantitative estimate of drug-likeness (QED) is 0.554. The van der Waals surface area contributed by atoms with Gasteiger partial charge in [-0.25, -0.2) is 0 Å². The average molecular weight is 370 g/mol. The first kappa shape index (κ1) is 15.7. The SMILES string of the molecule is Oc1ccc(Cl)cc1Nc1nc(O)c(C=C2C=Nc3ccccc32)s1. The molecule has 0 saturated heterocycles. The summed E-state index contributed by atoms with van der Waals surface area (Å²) in [6.07, 6.45) is 3.60. The monoisotopic (exact) mass is 369 g/mol. The number of benzene rings is 2. The Hall–Kier alpha value is -2.83. The highest BCUT2D eigenvalue weighted by Gasteiger charge is 2.15. The van der Waals surface area contributed by atoms with E-state index in [1.165, 1.54) is 17.4 Å². The van der Waals surface area contributed by atoms with Crippen LogP contribution in [0.2, 0.25) is 5.02 Å². The molecule has 2 aromatic carbocycles. The Kier molecular flexibility index (Phi) is 3.91. The van der Waals surface area contributed by atoms with Gasteiger partial charge in [-0.05, 0) is 30.3 Å². The van der Waals surface area contributed by atoms with E-state index < -0.39 is 0 Å². The number of phenols is 1. The van der Waals surface area contributed by atoms with E-state index in [1.807, 2.05) is 30.3 Å². The number of halogens is 1. The van der Waals surface area contributed by atoms with Crippen LogP contribution in [0.4, 0.5) is 16.5 Å². The van der Waals surface area contributed by atoms with E-state index in [-0.39, 0.29) is 11.6 Å². The third-order valence-electron chi connectivity index (χ3n) is 3.68. The van der Waals surface area contributed by atoms with Crippen LogP contribution in [0, 0.1) is 0 Å². The van der Waals surface area contributed by atoms with Gasteiger partial charge in [0.15, 0.2) is 5.13 Å². The second kappa shape index (κ2) is 6.23. The minimum Gasteiger partial charge on any atom is -0.506 e. The number of aromatic hydroxyl groups is 2. The van der Waals surface area contributed by atoms with Crippen LogP contribution in [-0.4, -0.2) is 21.4 Å². The highest BCUT2D eigenvalue weighted by Crippen LogP contribution is 2.38. The zero-order valence-electron chi connectivity index (χ0n) is 12.8. The summed E-state index contributed by atoms with van der Waals surface area (Å²) in [5.41, 5.74) is 3.25. The number of aliphatic imine (C=N–C) groups is 1. The lowest BCUT2D eigenvalue weighted by Gasteiger charge is -2.05. The van der Waals surface area contributed by atoms with Crippen molar-refractivity contribution in [2.75, 3.05) is 5.32 Å². The maximum atomic E-state index is 10.1. The van der Waals surface area contributed by atoms with E-state index >= 15 is 0 Å². The van der Waals surface area contributed by atoms with Gasteiger partial charge in [0.25, 0.3) is 0 Å². The number of fused-ring (bicyclic) bond motifs is 1. The predicted octanol–water partition coefficient (Wildman–Crippen LogP) is 5.21. The van der Waals surface area contributed by atoms with Gasteiger partial charge in [0.2, 0.25) is 5.88 Å². The van der Waals surface area contributed by atoms with Crippen molar-refractivity contribution in [3.63, 3.8) is 0 Å². The molecule has 4 rings (SSSR count). The third kappa shape index (κ3) is 3.09. The summed E-state index contributed by atoms with van der Waals surface area (Å²) in [6, 6.07) is 12.5. The number of thiazole rings is 1. The van der Waals surface area contributed by atoms with Gasteiger partial charge in [-0.1, -0.05) is 41.1 Å². The normalized spacial score (nSPS) is 14.0. The Morgan fingerprint density at radius 1 is 1.12 bits per heavy atom. The molecule has 3 aromatic rings. The lowest BCUT2D eigenvalue weighted by atomic mass is 10.1. The first-order valence-corrected chi connectivity index (χ1v) is 8.60. The van der Waals surface area contributed by atoms with Crippen LogP contribution in [0.15, 0.2) is 47.5 Å². The zero-order chi connectivity index (χ0) is 17.4. The Balaban J connectivity index is 1.65. The summed E-state index contributed by atoms with van der Waals surface area (Å²) in [7, 11) is 0. The number of para-hydroxylation sites is 1. The number of nitrogens with zero attached hydrogens (tertiary/aromatic N) is 2. The summed E-state index contributed by atoms with van der Waals surface area (Å²) in [6.45, 7) is 0.